The lowest BCUT2D eigenvalue weighted by molar-refractivity contribution is -0.138. The average Bonchev–Trinajstić information content (AvgIpc) is 2.70. The second-order valence-corrected chi connectivity index (χ2v) is 7.01. The topological polar surface area (TPSA) is 49.4 Å². The Kier molecular flexibility index (Phi) is 8.22. The van der Waals surface area contributed by atoms with E-state index < -0.39 is 6.04 Å². The van der Waals surface area contributed by atoms with Crippen LogP contribution in [-0.2, 0) is 16.0 Å². The molecule has 2 aromatic carbocycles. The molecule has 0 unspecified atom stereocenters. The second kappa shape index (κ2) is 10.7. The molecule has 2 aromatic rings. The van der Waals surface area contributed by atoms with Gasteiger partial charge in [-0.05, 0) is 30.5 Å². The van der Waals surface area contributed by atoms with E-state index in [-0.39, 0.29) is 11.8 Å². The molecule has 1 N–H and O–H groups in total. The average molecular weight is 371 g/mol. The molecule has 5 heteroatoms. The highest BCUT2D eigenvalue weighted by molar-refractivity contribution is 8.00. The lowest BCUT2D eigenvalue weighted by Gasteiger charge is -2.30. The van der Waals surface area contributed by atoms with Crippen LogP contribution in [0, 0.1) is 0 Å². The van der Waals surface area contributed by atoms with Gasteiger partial charge in [0.05, 0.1) is 5.75 Å². The van der Waals surface area contributed by atoms with Gasteiger partial charge in [-0.3, -0.25) is 9.59 Å². The molecule has 2 rings (SSSR count). The summed E-state index contributed by atoms with van der Waals surface area (Å²) in [6.07, 6.45) is 1.33. The van der Waals surface area contributed by atoms with Crippen LogP contribution in [-0.4, -0.2) is 42.1 Å². The maximum absolute atomic E-state index is 12.9. The van der Waals surface area contributed by atoms with Crippen LogP contribution in [0.1, 0.15) is 18.9 Å². The number of hydrogen-bond donors (Lipinski definition) is 1. The fourth-order valence-corrected chi connectivity index (χ4v) is 3.61. The van der Waals surface area contributed by atoms with Crippen molar-refractivity contribution in [1.29, 1.82) is 0 Å². The van der Waals surface area contributed by atoms with Gasteiger partial charge in [0.2, 0.25) is 11.8 Å². The molecule has 0 heterocycles. The summed E-state index contributed by atoms with van der Waals surface area (Å²) < 4.78 is 0. The van der Waals surface area contributed by atoms with E-state index in [4.69, 9.17) is 0 Å². The van der Waals surface area contributed by atoms with E-state index in [1.54, 1.807) is 11.9 Å². The van der Waals surface area contributed by atoms with E-state index in [1.165, 1.54) is 11.8 Å². The molecule has 0 saturated heterocycles. The predicted octanol–water partition coefficient (Wildman–Crippen LogP) is 3.37. The van der Waals surface area contributed by atoms with Crippen molar-refractivity contribution in [3.05, 3.63) is 66.2 Å². The summed E-state index contributed by atoms with van der Waals surface area (Å²) in [7, 11) is 1.61. The molecule has 0 aromatic heterocycles. The maximum Gasteiger partial charge on any atom is 0.242 e. The SMILES string of the molecule is CC[C@H](C(=O)NC)N(CCc1ccccc1)C(=O)CSc1ccccc1. The van der Waals surface area contributed by atoms with Crippen molar-refractivity contribution >= 4 is 23.6 Å². The minimum atomic E-state index is -0.437. The third kappa shape index (κ3) is 5.92. The molecule has 0 aliphatic carbocycles. The molecular weight excluding hydrogens is 344 g/mol. The number of carbonyl (C=O) groups excluding carboxylic acids is 2. The Balaban J connectivity index is 2.07. The Bertz CT molecular complexity index is 692. The van der Waals surface area contributed by atoms with Gasteiger partial charge in [-0.15, -0.1) is 11.8 Å². The number of carbonyl (C=O) groups is 2. The van der Waals surface area contributed by atoms with Gasteiger partial charge in [0.1, 0.15) is 6.04 Å². The fraction of sp³-hybridized carbons (Fsp3) is 0.333. The molecular formula is C21H26N2O2S. The van der Waals surface area contributed by atoms with Gasteiger partial charge in [0, 0.05) is 18.5 Å². The van der Waals surface area contributed by atoms with Crippen molar-refractivity contribution in [2.75, 3.05) is 19.3 Å². The van der Waals surface area contributed by atoms with E-state index in [0.717, 1.165) is 16.9 Å². The Labute approximate surface area is 160 Å². The Hall–Kier alpha value is -2.27. The summed E-state index contributed by atoms with van der Waals surface area (Å²) in [5.74, 6) is 0.204. The zero-order valence-electron chi connectivity index (χ0n) is 15.4. The molecule has 0 bridgehead atoms. The molecule has 1 atom stereocenters. The normalized spacial score (nSPS) is 11.6. The molecule has 26 heavy (non-hydrogen) atoms. The molecule has 2 amide bonds. The summed E-state index contributed by atoms with van der Waals surface area (Å²) in [6.45, 7) is 2.47. The molecule has 138 valence electrons. The van der Waals surface area contributed by atoms with Gasteiger partial charge >= 0.3 is 0 Å². The highest BCUT2D eigenvalue weighted by Crippen LogP contribution is 2.19. The van der Waals surface area contributed by atoms with Crippen molar-refractivity contribution in [1.82, 2.24) is 10.2 Å². The summed E-state index contributed by atoms with van der Waals surface area (Å²) >= 11 is 1.50. The minimum absolute atomic E-state index is 0.00904. The Morgan fingerprint density at radius 1 is 1.04 bits per heavy atom. The van der Waals surface area contributed by atoms with Crippen LogP contribution in [0.25, 0.3) is 0 Å². The van der Waals surface area contributed by atoms with Crippen molar-refractivity contribution in [3.8, 4) is 0 Å². The van der Waals surface area contributed by atoms with Crippen molar-refractivity contribution in [3.63, 3.8) is 0 Å². The molecule has 0 spiro atoms. The third-order valence-corrected chi connectivity index (χ3v) is 5.22. The first-order valence-corrected chi connectivity index (χ1v) is 9.87. The number of hydrogen-bond acceptors (Lipinski definition) is 3. The number of nitrogens with zero attached hydrogens (tertiary/aromatic N) is 1. The van der Waals surface area contributed by atoms with Crippen LogP contribution >= 0.6 is 11.8 Å². The molecule has 0 fully saturated rings. The van der Waals surface area contributed by atoms with E-state index in [2.05, 4.69) is 5.32 Å². The van der Waals surface area contributed by atoms with E-state index in [1.807, 2.05) is 67.6 Å². The van der Waals surface area contributed by atoms with Crippen LogP contribution in [0.2, 0.25) is 0 Å². The van der Waals surface area contributed by atoms with E-state index in [9.17, 15) is 9.59 Å². The van der Waals surface area contributed by atoms with Crippen LogP contribution in [0.4, 0.5) is 0 Å². The van der Waals surface area contributed by atoms with Crippen molar-refractivity contribution in [2.45, 2.75) is 30.7 Å². The smallest absolute Gasteiger partial charge is 0.242 e. The zero-order chi connectivity index (χ0) is 18.8. The molecule has 0 radical (unpaired) electrons. The molecule has 0 saturated carbocycles. The van der Waals surface area contributed by atoms with Gasteiger partial charge in [0.15, 0.2) is 0 Å². The van der Waals surface area contributed by atoms with Crippen LogP contribution in [0.3, 0.4) is 0 Å². The number of benzene rings is 2. The zero-order valence-corrected chi connectivity index (χ0v) is 16.2. The molecule has 0 aliphatic heterocycles. The number of likely N-dealkylation sites (N-methyl/N-ethyl adjacent to an activating group) is 1. The number of thioether (sulfide) groups is 1. The lowest BCUT2D eigenvalue weighted by atomic mass is 10.1. The Morgan fingerprint density at radius 3 is 2.23 bits per heavy atom. The van der Waals surface area contributed by atoms with Gasteiger partial charge in [0.25, 0.3) is 0 Å². The number of amides is 2. The van der Waals surface area contributed by atoms with Gasteiger partial charge in [-0.25, -0.2) is 0 Å². The summed E-state index contributed by atoms with van der Waals surface area (Å²) in [6, 6.07) is 19.4. The summed E-state index contributed by atoms with van der Waals surface area (Å²) in [4.78, 5) is 27.9. The van der Waals surface area contributed by atoms with Crippen LogP contribution in [0.5, 0.6) is 0 Å². The highest BCUT2D eigenvalue weighted by atomic mass is 32.2. The minimum Gasteiger partial charge on any atom is -0.357 e. The van der Waals surface area contributed by atoms with Crippen molar-refractivity contribution < 1.29 is 9.59 Å². The van der Waals surface area contributed by atoms with Gasteiger partial charge in [-0.1, -0.05) is 55.5 Å². The fourth-order valence-electron chi connectivity index (χ4n) is 2.81. The van der Waals surface area contributed by atoms with Crippen LogP contribution in [0.15, 0.2) is 65.6 Å². The van der Waals surface area contributed by atoms with Crippen molar-refractivity contribution in [2.24, 2.45) is 0 Å². The largest absolute Gasteiger partial charge is 0.357 e. The maximum atomic E-state index is 12.9. The number of nitrogens with one attached hydrogen (secondary N) is 1. The number of rotatable bonds is 9. The third-order valence-electron chi connectivity index (χ3n) is 4.22. The van der Waals surface area contributed by atoms with Crippen LogP contribution < -0.4 is 5.32 Å². The van der Waals surface area contributed by atoms with E-state index in [0.29, 0.717) is 18.7 Å². The summed E-state index contributed by atoms with van der Waals surface area (Å²) in [5, 5.41) is 2.68. The first kappa shape index (κ1) is 20.0. The standard InChI is InChI=1S/C21H26N2O2S/c1-3-19(21(25)22-2)23(15-14-17-10-6-4-7-11-17)20(24)16-26-18-12-8-5-9-13-18/h4-13,19H,3,14-16H2,1-2H3,(H,22,25)/t19-/m1/s1. The summed E-state index contributed by atoms with van der Waals surface area (Å²) in [5.41, 5.74) is 1.16. The van der Waals surface area contributed by atoms with Gasteiger partial charge in [-0.2, -0.15) is 0 Å². The quantitative estimate of drug-likeness (QED) is 0.689. The molecule has 4 nitrogen and oxygen atoms in total. The Morgan fingerprint density at radius 2 is 1.65 bits per heavy atom. The van der Waals surface area contributed by atoms with E-state index >= 15 is 0 Å². The predicted molar refractivity (Wildman–Crippen MR) is 107 cm³/mol. The highest BCUT2D eigenvalue weighted by Gasteiger charge is 2.27. The second-order valence-electron chi connectivity index (χ2n) is 5.96. The van der Waals surface area contributed by atoms with Gasteiger partial charge < -0.3 is 10.2 Å². The first-order chi connectivity index (χ1) is 12.7. The first-order valence-electron chi connectivity index (χ1n) is 8.88. The lowest BCUT2D eigenvalue weighted by Crippen LogP contribution is -2.50. The molecule has 0 aliphatic rings. The monoisotopic (exact) mass is 370 g/mol.